The fraction of sp³-hybridized carbons (Fsp3) is 0.333. The van der Waals surface area contributed by atoms with Gasteiger partial charge in [-0.2, -0.15) is 4.72 Å². The van der Waals surface area contributed by atoms with Gasteiger partial charge < -0.3 is 4.74 Å². The molecule has 122 valence electrons. The summed E-state index contributed by atoms with van der Waals surface area (Å²) in [5, 5.41) is 0.746. The van der Waals surface area contributed by atoms with Crippen LogP contribution >= 0.6 is 0 Å². The third-order valence-electron chi connectivity index (χ3n) is 2.58. The predicted octanol–water partition coefficient (Wildman–Crippen LogP) is 0.222. The average molecular weight is 333 g/mol. The smallest absolute Gasteiger partial charge is 0.428 e. The molecule has 1 atom stereocenters. The van der Waals surface area contributed by atoms with E-state index in [1.54, 1.807) is 0 Å². The highest BCUT2D eigenvalue weighted by Gasteiger charge is 2.25. The highest BCUT2D eigenvalue weighted by atomic mass is 32.2. The number of hydrogen-bond acceptors (Lipinski definition) is 5. The lowest BCUT2D eigenvalue weighted by Crippen LogP contribution is -2.51. The van der Waals surface area contributed by atoms with E-state index >= 15 is 0 Å². The lowest BCUT2D eigenvalue weighted by Gasteiger charge is -2.20. The van der Waals surface area contributed by atoms with E-state index in [9.17, 15) is 22.4 Å². The Labute approximate surface area is 127 Å². The molecule has 10 heteroatoms. The number of sulfonamides is 1. The minimum atomic E-state index is -4.22. The molecule has 0 aliphatic rings. The molecule has 0 fully saturated rings. The van der Waals surface area contributed by atoms with E-state index in [4.69, 9.17) is 0 Å². The monoisotopic (exact) mass is 333 g/mol. The molecule has 0 bridgehead atoms. The summed E-state index contributed by atoms with van der Waals surface area (Å²) >= 11 is 0. The van der Waals surface area contributed by atoms with Gasteiger partial charge in [0.15, 0.2) is 0 Å². The van der Waals surface area contributed by atoms with Crippen LogP contribution in [0.3, 0.4) is 0 Å². The van der Waals surface area contributed by atoms with Crippen molar-refractivity contribution < 1.29 is 27.1 Å². The third kappa shape index (κ3) is 4.40. The third-order valence-corrected chi connectivity index (χ3v) is 4.15. The van der Waals surface area contributed by atoms with Gasteiger partial charge in [-0.05, 0) is 19.1 Å². The number of benzene rings is 1. The molecule has 1 aromatic carbocycles. The van der Waals surface area contributed by atoms with E-state index in [0.29, 0.717) is 0 Å². The van der Waals surface area contributed by atoms with Crippen LogP contribution in [0.1, 0.15) is 6.92 Å². The van der Waals surface area contributed by atoms with Crippen LogP contribution in [0.2, 0.25) is 0 Å². The first kappa shape index (κ1) is 17.9. The number of nitrogens with one attached hydrogen (secondary N) is 2. The summed E-state index contributed by atoms with van der Waals surface area (Å²) in [6.45, 7) is 1.25. The molecule has 0 spiro atoms. The van der Waals surface area contributed by atoms with Gasteiger partial charge in [-0.15, -0.1) is 0 Å². The van der Waals surface area contributed by atoms with Gasteiger partial charge in [-0.1, -0.05) is 12.1 Å². The Morgan fingerprint density at radius 3 is 2.45 bits per heavy atom. The lowest BCUT2D eigenvalue weighted by atomic mass is 10.3. The van der Waals surface area contributed by atoms with Crippen LogP contribution in [0.5, 0.6) is 0 Å². The van der Waals surface area contributed by atoms with E-state index in [0.717, 1.165) is 24.3 Å². The molecule has 0 aliphatic carbocycles. The Hall–Kier alpha value is -2.20. The second kappa shape index (κ2) is 7.18. The number of methoxy groups -OCH3 is 1. The number of ether oxygens (including phenoxy) is 1. The van der Waals surface area contributed by atoms with Gasteiger partial charge in [-0.25, -0.2) is 22.6 Å². The molecule has 1 unspecified atom stereocenters. The van der Waals surface area contributed by atoms with Gasteiger partial charge in [0.2, 0.25) is 10.0 Å². The van der Waals surface area contributed by atoms with Crippen LogP contribution in [-0.4, -0.2) is 45.6 Å². The molecule has 0 aliphatic heterocycles. The number of halogens is 1. The molecule has 0 aromatic heterocycles. The van der Waals surface area contributed by atoms with Crippen molar-refractivity contribution in [2.75, 3.05) is 14.2 Å². The second-order valence-electron chi connectivity index (χ2n) is 4.28. The maximum atomic E-state index is 13.5. The van der Waals surface area contributed by atoms with Crippen LogP contribution in [0.25, 0.3) is 0 Å². The van der Waals surface area contributed by atoms with Crippen molar-refractivity contribution in [2.24, 2.45) is 0 Å². The van der Waals surface area contributed by atoms with Crippen LogP contribution in [0, 0.1) is 5.82 Å². The zero-order chi connectivity index (χ0) is 16.9. The molecule has 2 N–H and O–H groups in total. The van der Waals surface area contributed by atoms with Crippen LogP contribution in [0.15, 0.2) is 29.2 Å². The number of amides is 2. The topological polar surface area (TPSA) is 105 Å². The van der Waals surface area contributed by atoms with Crippen molar-refractivity contribution in [3.8, 4) is 0 Å². The number of nitrogens with zero attached hydrogens (tertiary/aromatic N) is 1. The summed E-state index contributed by atoms with van der Waals surface area (Å²) in [6.07, 6.45) is -0.836. The van der Waals surface area contributed by atoms with Crippen molar-refractivity contribution in [3.63, 3.8) is 0 Å². The second-order valence-corrected chi connectivity index (χ2v) is 5.96. The number of rotatable bonds is 4. The van der Waals surface area contributed by atoms with E-state index in [1.807, 2.05) is 4.72 Å². The van der Waals surface area contributed by atoms with Crippen molar-refractivity contribution in [1.29, 1.82) is 0 Å². The molecule has 1 aromatic rings. The van der Waals surface area contributed by atoms with Crippen molar-refractivity contribution >= 4 is 22.0 Å². The molecule has 0 radical (unpaired) electrons. The summed E-state index contributed by atoms with van der Waals surface area (Å²) in [7, 11) is -1.87. The fourth-order valence-electron chi connectivity index (χ4n) is 1.46. The Morgan fingerprint density at radius 1 is 1.32 bits per heavy atom. The Balaban J connectivity index is 2.79. The quantitative estimate of drug-likeness (QED) is 0.767. The minimum Gasteiger partial charge on any atom is -0.452 e. The number of hydrazine groups is 1. The molecular weight excluding hydrogens is 317 g/mol. The molecule has 1 rings (SSSR count). The summed E-state index contributed by atoms with van der Waals surface area (Å²) in [4.78, 5) is 22.3. The van der Waals surface area contributed by atoms with Crippen LogP contribution in [0.4, 0.5) is 9.18 Å². The highest BCUT2D eigenvalue weighted by molar-refractivity contribution is 7.89. The zero-order valence-corrected chi connectivity index (χ0v) is 13.0. The highest BCUT2D eigenvalue weighted by Crippen LogP contribution is 2.13. The molecule has 0 saturated heterocycles. The van der Waals surface area contributed by atoms with Gasteiger partial charge in [-0.3, -0.25) is 10.2 Å². The number of carbonyl (C=O) groups excluding carboxylic acids is 2. The first-order chi connectivity index (χ1) is 10.2. The summed E-state index contributed by atoms with van der Waals surface area (Å²) in [5.74, 6) is -1.75. The van der Waals surface area contributed by atoms with E-state index < -0.39 is 38.8 Å². The molecule has 2 amide bonds. The van der Waals surface area contributed by atoms with Crippen molar-refractivity contribution in [1.82, 2.24) is 15.2 Å². The average Bonchev–Trinajstić information content (AvgIpc) is 2.45. The van der Waals surface area contributed by atoms with Gasteiger partial charge in [0.1, 0.15) is 10.7 Å². The van der Waals surface area contributed by atoms with Crippen molar-refractivity contribution in [2.45, 2.75) is 17.9 Å². The van der Waals surface area contributed by atoms with Crippen molar-refractivity contribution in [3.05, 3.63) is 30.1 Å². The zero-order valence-electron chi connectivity index (χ0n) is 12.2. The molecule has 22 heavy (non-hydrogen) atoms. The molecule has 0 heterocycles. The molecule has 8 nitrogen and oxygen atoms in total. The van der Waals surface area contributed by atoms with E-state index in [1.165, 1.54) is 26.1 Å². The predicted molar refractivity (Wildman–Crippen MR) is 74.5 cm³/mol. The maximum absolute atomic E-state index is 13.5. The van der Waals surface area contributed by atoms with Gasteiger partial charge in [0.25, 0.3) is 5.91 Å². The summed E-state index contributed by atoms with van der Waals surface area (Å²) in [5.41, 5.74) is 2.12. The van der Waals surface area contributed by atoms with E-state index in [-0.39, 0.29) is 0 Å². The SMILES string of the molecule is COC(=O)N(C)NC(=O)C(C)NS(=O)(=O)c1ccccc1F. The van der Waals surface area contributed by atoms with Crippen LogP contribution < -0.4 is 10.1 Å². The van der Waals surface area contributed by atoms with Gasteiger partial charge in [0.05, 0.1) is 13.2 Å². The maximum Gasteiger partial charge on any atom is 0.428 e. The minimum absolute atomic E-state index is 0.573. The Morgan fingerprint density at radius 2 is 1.91 bits per heavy atom. The number of carbonyl (C=O) groups is 2. The Kier molecular flexibility index (Phi) is 5.83. The molecular formula is C12H16FN3O5S. The van der Waals surface area contributed by atoms with E-state index in [2.05, 4.69) is 10.2 Å². The fourth-order valence-corrected chi connectivity index (χ4v) is 2.74. The summed E-state index contributed by atoms with van der Waals surface area (Å²) in [6, 6.07) is 3.52. The molecule has 0 saturated carbocycles. The lowest BCUT2D eigenvalue weighted by molar-refractivity contribution is -0.126. The standard InChI is InChI=1S/C12H16FN3O5S/c1-8(11(17)14-16(2)12(18)21-3)15-22(19,20)10-7-5-4-6-9(10)13/h4-8,15H,1-3H3,(H,14,17). The first-order valence-corrected chi connectivity index (χ1v) is 7.56. The normalized spacial score (nSPS) is 12.4. The largest absolute Gasteiger partial charge is 0.452 e. The Bertz CT molecular complexity index is 664. The van der Waals surface area contributed by atoms with Crippen LogP contribution in [-0.2, 0) is 19.6 Å². The first-order valence-electron chi connectivity index (χ1n) is 6.08. The van der Waals surface area contributed by atoms with Gasteiger partial charge in [0, 0.05) is 7.05 Å². The van der Waals surface area contributed by atoms with Gasteiger partial charge >= 0.3 is 6.09 Å². The summed E-state index contributed by atoms with van der Waals surface area (Å²) < 4.78 is 43.9. The number of hydrogen-bond donors (Lipinski definition) is 2.